The molecule has 0 radical (unpaired) electrons. The van der Waals surface area contributed by atoms with Crippen molar-refractivity contribution in [1.82, 2.24) is 10.2 Å². The average Bonchev–Trinajstić information content (AvgIpc) is 2.89. The van der Waals surface area contributed by atoms with Crippen LogP contribution in [-0.4, -0.2) is 34.9 Å². The first kappa shape index (κ1) is 26.9. The maximum Gasteiger partial charge on any atom is 0.261 e. The Labute approximate surface area is 225 Å². The zero-order chi connectivity index (χ0) is 27.1. The second-order valence-electron chi connectivity index (χ2n) is 10.7. The zero-order valence-electron chi connectivity index (χ0n) is 22.6. The lowest BCUT2D eigenvalue weighted by atomic mass is 10.0. The Morgan fingerprint density at radius 2 is 1.50 bits per heavy atom. The van der Waals surface area contributed by atoms with Crippen molar-refractivity contribution < 1.29 is 14.3 Å². The summed E-state index contributed by atoms with van der Waals surface area (Å²) < 4.78 is 6.08. The average molecular weight is 509 g/mol. The summed E-state index contributed by atoms with van der Waals surface area (Å²) >= 11 is 0. The first-order chi connectivity index (χ1) is 18.2. The number of carbonyl (C=O) groups excluding carboxylic acids is 2. The van der Waals surface area contributed by atoms with Crippen LogP contribution in [0.4, 0.5) is 0 Å². The van der Waals surface area contributed by atoms with Crippen LogP contribution in [0.15, 0.2) is 97.1 Å². The van der Waals surface area contributed by atoms with Crippen molar-refractivity contribution in [3.8, 4) is 5.75 Å². The van der Waals surface area contributed by atoms with Crippen molar-refractivity contribution in [2.75, 3.05) is 6.61 Å². The Hall–Kier alpha value is -4.12. The van der Waals surface area contributed by atoms with Gasteiger partial charge in [-0.05, 0) is 50.3 Å². The van der Waals surface area contributed by atoms with E-state index in [0.717, 1.165) is 27.5 Å². The Balaban J connectivity index is 1.66. The zero-order valence-corrected chi connectivity index (χ0v) is 22.6. The van der Waals surface area contributed by atoms with Gasteiger partial charge in [0.1, 0.15) is 11.8 Å². The monoisotopic (exact) mass is 508 g/mol. The van der Waals surface area contributed by atoms with Crippen molar-refractivity contribution in [1.29, 1.82) is 0 Å². The molecule has 0 spiro atoms. The molecule has 5 nitrogen and oxygen atoms in total. The molecule has 1 N–H and O–H groups in total. The van der Waals surface area contributed by atoms with Gasteiger partial charge < -0.3 is 15.0 Å². The normalized spacial score (nSPS) is 12.1. The maximum atomic E-state index is 13.9. The standard InChI is InChI=1S/C33H36N2O3/c1-24-12-10-15-26(20-24)22-35(29(32(37)34-33(2,3)4)21-25-13-6-5-7-14-25)31(36)23-38-30-19-11-17-27-16-8-9-18-28(27)30/h5-20,29H,21-23H2,1-4H3,(H,34,37)/t29-/m1/s1. The molecule has 0 fully saturated rings. The number of nitrogens with zero attached hydrogens (tertiary/aromatic N) is 1. The molecule has 196 valence electrons. The molecule has 0 aliphatic carbocycles. The molecule has 0 saturated heterocycles. The number of hydrogen-bond acceptors (Lipinski definition) is 3. The van der Waals surface area contributed by atoms with Crippen molar-refractivity contribution in [3.05, 3.63) is 114 Å². The fourth-order valence-electron chi connectivity index (χ4n) is 4.56. The van der Waals surface area contributed by atoms with E-state index >= 15 is 0 Å². The topological polar surface area (TPSA) is 58.6 Å². The molecule has 0 aromatic heterocycles. The number of aryl methyl sites for hydroxylation is 1. The molecule has 4 aromatic carbocycles. The van der Waals surface area contributed by atoms with Gasteiger partial charge in [0.05, 0.1) is 0 Å². The van der Waals surface area contributed by atoms with Crippen molar-refractivity contribution in [3.63, 3.8) is 0 Å². The molecule has 0 aliphatic rings. The van der Waals surface area contributed by atoms with Crippen LogP contribution in [0.25, 0.3) is 10.8 Å². The molecule has 0 unspecified atom stereocenters. The highest BCUT2D eigenvalue weighted by molar-refractivity contribution is 5.90. The Bertz CT molecular complexity index is 1390. The van der Waals surface area contributed by atoms with Gasteiger partial charge in [-0.15, -0.1) is 0 Å². The third-order valence-electron chi connectivity index (χ3n) is 6.31. The molecule has 5 heteroatoms. The number of rotatable bonds is 9. The molecule has 38 heavy (non-hydrogen) atoms. The first-order valence-electron chi connectivity index (χ1n) is 13.0. The smallest absolute Gasteiger partial charge is 0.261 e. The van der Waals surface area contributed by atoms with Gasteiger partial charge in [0.2, 0.25) is 5.91 Å². The van der Waals surface area contributed by atoms with Gasteiger partial charge in [-0.3, -0.25) is 9.59 Å². The molecular formula is C33H36N2O3. The van der Waals surface area contributed by atoms with Crippen molar-refractivity contribution in [2.24, 2.45) is 0 Å². The fourth-order valence-corrected chi connectivity index (χ4v) is 4.56. The van der Waals surface area contributed by atoms with Crippen LogP contribution in [0.3, 0.4) is 0 Å². The molecule has 0 aliphatic heterocycles. The summed E-state index contributed by atoms with van der Waals surface area (Å²) in [6.07, 6.45) is 0.397. The van der Waals surface area contributed by atoms with E-state index in [4.69, 9.17) is 4.74 Å². The highest BCUT2D eigenvalue weighted by atomic mass is 16.5. The van der Waals surface area contributed by atoms with Gasteiger partial charge in [0.15, 0.2) is 6.61 Å². The van der Waals surface area contributed by atoms with E-state index in [-0.39, 0.29) is 18.4 Å². The molecule has 4 aromatic rings. The predicted molar refractivity (Wildman–Crippen MR) is 153 cm³/mol. The Morgan fingerprint density at radius 1 is 0.842 bits per heavy atom. The largest absolute Gasteiger partial charge is 0.483 e. The maximum absolute atomic E-state index is 13.9. The van der Waals surface area contributed by atoms with Crippen LogP contribution >= 0.6 is 0 Å². The SMILES string of the molecule is Cc1cccc(CN(C(=O)COc2cccc3ccccc23)[C@H](Cc2ccccc2)C(=O)NC(C)(C)C)c1. The lowest BCUT2D eigenvalue weighted by Gasteiger charge is -2.34. The minimum atomic E-state index is -0.708. The van der Waals surface area contributed by atoms with E-state index in [2.05, 4.69) is 5.32 Å². The number of benzene rings is 4. The van der Waals surface area contributed by atoms with E-state index < -0.39 is 11.6 Å². The fraction of sp³-hybridized carbons (Fsp3) is 0.273. The van der Waals surface area contributed by atoms with E-state index in [1.54, 1.807) is 4.90 Å². The van der Waals surface area contributed by atoms with Gasteiger partial charge in [-0.1, -0.05) is 96.6 Å². The number of nitrogens with one attached hydrogen (secondary N) is 1. The third-order valence-corrected chi connectivity index (χ3v) is 6.31. The second kappa shape index (κ2) is 12.0. The number of fused-ring (bicyclic) bond motifs is 1. The number of carbonyl (C=O) groups is 2. The summed E-state index contributed by atoms with van der Waals surface area (Å²) in [5.41, 5.74) is 2.60. The van der Waals surface area contributed by atoms with Gasteiger partial charge in [0.25, 0.3) is 5.91 Å². The Kier molecular flexibility index (Phi) is 8.47. The predicted octanol–water partition coefficient (Wildman–Crippen LogP) is 6.08. The summed E-state index contributed by atoms with van der Waals surface area (Å²) in [7, 11) is 0. The van der Waals surface area contributed by atoms with Gasteiger partial charge in [0, 0.05) is 23.9 Å². The summed E-state index contributed by atoms with van der Waals surface area (Å²) in [4.78, 5) is 29.2. The number of hydrogen-bond donors (Lipinski definition) is 1. The minimum Gasteiger partial charge on any atom is -0.483 e. The number of amides is 2. The molecular weight excluding hydrogens is 472 g/mol. The molecule has 0 heterocycles. The van der Waals surface area contributed by atoms with Crippen LogP contribution in [0, 0.1) is 6.92 Å². The van der Waals surface area contributed by atoms with E-state index in [1.807, 2.05) is 125 Å². The summed E-state index contributed by atoms with van der Waals surface area (Å²) in [6.45, 7) is 7.98. The van der Waals surface area contributed by atoms with Crippen LogP contribution in [0.5, 0.6) is 5.75 Å². The summed E-state index contributed by atoms with van der Waals surface area (Å²) in [5, 5.41) is 5.08. The molecule has 4 rings (SSSR count). The quantitative estimate of drug-likeness (QED) is 0.298. The van der Waals surface area contributed by atoms with Gasteiger partial charge in [-0.25, -0.2) is 0 Å². The van der Waals surface area contributed by atoms with Crippen LogP contribution in [-0.2, 0) is 22.6 Å². The van der Waals surface area contributed by atoms with E-state index in [0.29, 0.717) is 18.7 Å². The molecule has 0 saturated carbocycles. The lowest BCUT2D eigenvalue weighted by molar-refractivity contribution is -0.143. The lowest BCUT2D eigenvalue weighted by Crippen LogP contribution is -2.55. The van der Waals surface area contributed by atoms with E-state index in [1.165, 1.54) is 0 Å². The minimum absolute atomic E-state index is 0.173. The van der Waals surface area contributed by atoms with E-state index in [9.17, 15) is 9.59 Å². The summed E-state index contributed by atoms with van der Waals surface area (Å²) in [6, 6.07) is 30.9. The third kappa shape index (κ3) is 7.22. The second-order valence-corrected chi connectivity index (χ2v) is 10.7. The molecule has 0 bridgehead atoms. The highest BCUT2D eigenvalue weighted by Gasteiger charge is 2.32. The van der Waals surface area contributed by atoms with Gasteiger partial charge in [-0.2, -0.15) is 0 Å². The molecule has 1 atom stereocenters. The van der Waals surface area contributed by atoms with Crippen LogP contribution in [0.1, 0.15) is 37.5 Å². The van der Waals surface area contributed by atoms with Crippen LogP contribution < -0.4 is 10.1 Å². The first-order valence-corrected chi connectivity index (χ1v) is 13.0. The van der Waals surface area contributed by atoms with Crippen molar-refractivity contribution >= 4 is 22.6 Å². The highest BCUT2D eigenvalue weighted by Crippen LogP contribution is 2.25. The number of ether oxygens (including phenoxy) is 1. The van der Waals surface area contributed by atoms with Crippen LogP contribution in [0.2, 0.25) is 0 Å². The Morgan fingerprint density at radius 3 is 2.24 bits per heavy atom. The van der Waals surface area contributed by atoms with Crippen molar-refractivity contribution in [2.45, 2.75) is 52.2 Å². The molecule has 2 amide bonds. The van der Waals surface area contributed by atoms with Gasteiger partial charge >= 0.3 is 0 Å². The summed E-state index contributed by atoms with van der Waals surface area (Å²) in [5.74, 6) is 0.211.